The molecule has 1 fully saturated rings. The number of rotatable bonds is 5. The lowest BCUT2D eigenvalue weighted by Gasteiger charge is -2.31. The Labute approximate surface area is 111 Å². The van der Waals surface area contributed by atoms with Gasteiger partial charge in [-0.1, -0.05) is 12.8 Å². The summed E-state index contributed by atoms with van der Waals surface area (Å²) < 4.78 is 0. The third-order valence-electron chi connectivity index (χ3n) is 3.23. The van der Waals surface area contributed by atoms with E-state index in [2.05, 4.69) is 4.90 Å². The van der Waals surface area contributed by atoms with Crippen LogP contribution in [0.5, 0.6) is 0 Å². The van der Waals surface area contributed by atoms with Gasteiger partial charge in [-0.2, -0.15) is 0 Å². The molecule has 1 atom stereocenters. The molecule has 102 valence electrons. The van der Waals surface area contributed by atoms with Crippen molar-refractivity contribution >= 4 is 18.3 Å². The largest absolute Gasteiger partial charge is 0.337 e. The predicted octanol–water partition coefficient (Wildman–Crippen LogP) is 1.09. The molecule has 17 heavy (non-hydrogen) atoms. The quantitative estimate of drug-likeness (QED) is 0.808. The zero-order valence-electron chi connectivity index (χ0n) is 11.2. The van der Waals surface area contributed by atoms with Crippen molar-refractivity contribution in [3.8, 4) is 0 Å². The molecule has 0 heterocycles. The van der Waals surface area contributed by atoms with Crippen LogP contribution in [0.4, 0.5) is 0 Å². The van der Waals surface area contributed by atoms with Crippen LogP contribution in [0.15, 0.2) is 0 Å². The molecule has 0 aromatic rings. The number of amides is 1. The molecule has 1 aliphatic carbocycles. The Kier molecular flexibility index (Phi) is 7.75. The molecule has 1 amide bonds. The molecule has 4 nitrogen and oxygen atoms in total. The fourth-order valence-electron chi connectivity index (χ4n) is 2.26. The van der Waals surface area contributed by atoms with Crippen molar-refractivity contribution in [1.29, 1.82) is 0 Å². The molecule has 0 aromatic carbocycles. The summed E-state index contributed by atoms with van der Waals surface area (Å²) in [5, 5.41) is 0. The molecule has 0 saturated heterocycles. The summed E-state index contributed by atoms with van der Waals surface area (Å²) in [4.78, 5) is 16.1. The van der Waals surface area contributed by atoms with Crippen LogP contribution in [-0.2, 0) is 4.79 Å². The molecule has 0 spiro atoms. The van der Waals surface area contributed by atoms with Gasteiger partial charge < -0.3 is 15.5 Å². The molecular weight excluding hydrogens is 238 g/mol. The average Bonchev–Trinajstić information content (AvgIpc) is 2.70. The minimum Gasteiger partial charge on any atom is -0.337 e. The average molecular weight is 264 g/mol. The predicted molar refractivity (Wildman–Crippen MR) is 73.4 cm³/mol. The Morgan fingerprint density at radius 1 is 1.29 bits per heavy atom. The van der Waals surface area contributed by atoms with Gasteiger partial charge in [0.2, 0.25) is 5.91 Å². The normalized spacial score (nSPS) is 17.9. The van der Waals surface area contributed by atoms with Crippen LogP contribution in [0.3, 0.4) is 0 Å². The fourth-order valence-corrected chi connectivity index (χ4v) is 2.26. The van der Waals surface area contributed by atoms with Gasteiger partial charge in [0.05, 0.1) is 6.04 Å². The van der Waals surface area contributed by atoms with Crippen LogP contribution in [0.25, 0.3) is 0 Å². The molecule has 0 radical (unpaired) electrons. The highest BCUT2D eigenvalue weighted by molar-refractivity contribution is 5.85. The first-order chi connectivity index (χ1) is 7.52. The van der Waals surface area contributed by atoms with E-state index in [1.165, 1.54) is 12.8 Å². The van der Waals surface area contributed by atoms with Gasteiger partial charge in [0.15, 0.2) is 0 Å². The third kappa shape index (κ3) is 5.23. The first-order valence-electron chi connectivity index (χ1n) is 6.23. The van der Waals surface area contributed by atoms with Crippen molar-refractivity contribution in [3.63, 3.8) is 0 Å². The summed E-state index contributed by atoms with van der Waals surface area (Å²) in [5.74, 6) is 0.105. The van der Waals surface area contributed by atoms with E-state index in [-0.39, 0.29) is 24.4 Å². The van der Waals surface area contributed by atoms with Crippen LogP contribution in [0.1, 0.15) is 32.6 Å². The topological polar surface area (TPSA) is 49.6 Å². The second-order valence-corrected chi connectivity index (χ2v) is 5.06. The van der Waals surface area contributed by atoms with Crippen LogP contribution >= 0.6 is 12.4 Å². The van der Waals surface area contributed by atoms with Crippen molar-refractivity contribution in [2.24, 2.45) is 5.73 Å². The lowest BCUT2D eigenvalue weighted by atomic mass is 10.1. The van der Waals surface area contributed by atoms with E-state index in [1.54, 1.807) is 6.92 Å². The van der Waals surface area contributed by atoms with E-state index >= 15 is 0 Å². The Balaban J connectivity index is 0.00000256. The van der Waals surface area contributed by atoms with Gasteiger partial charge in [0.1, 0.15) is 0 Å². The highest BCUT2D eigenvalue weighted by atomic mass is 35.5. The number of nitrogens with zero attached hydrogens (tertiary/aromatic N) is 2. The third-order valence-corrected chi connectivity index (χ3v) is 3.23. The molecule has 0 aromatic heterocycles. The standard InChI is InChI=1S/C12H25N3O.ClH/c1-10(13)12(16)15(9-8-14(2)3)11-6-4-5-7-11;/h10-11H,4-9,13H2,1-3H3;1H/t10-;/m0./s1. The maximum absolute atomic E-state index is 12.0. The Morgan fingerprint density at radius 3 is 2.24 bits per heavy atom. The summed E-state index contributed by atoms with van der Waals surface area (Å²) in [6.45, 7) is 3.49. The first kappa shape index (κ1) is 16.7. The van der Waals surface area contributed by atoms with Gasteiger partial charge in [0.25, 0.3) is 0 Å². The minimum atomic E-state index is -0.372. The molecule has 2 N–H and O–H groups in total. The molecule has 1 saturated carbocycles. The number of nitrogens with two attached hydrogens (primary N) is 1. The van der Waals surface area contributed by atoms with Crippen LogP contribution < -0.4 is 5.73 Å². The van der Waals surface area contributed by atoms with Crippen molar-refractivity contribution in [3.05, 3.63) is 0 Å². The number of hydrogen-bond acceptors (Lipinski definition) is 3. The zero-order chi connectivity index (χ0) is 12.1. The Morgan fingerprint density at radius 2 is 1.82 bits per heavy atom. The summed E-state index contributed by atoms with van der Waals surface area (Å²) in [6.07, 6.45) is 4.78. The number of hydrogen-bond donors (Lipinski definition) is 1. The maximum atomic E-state index is 12.0. The fraction of sp³-hybridized carbons (Fsp3) is 0.917. The van der Waals surface area contributed by atoms with E-state index in [9.17, 15) is 4.79 Å². The highest BCUT2D eigenvalue weighted by Gasteiger charge is 2.27. The van der Waals surface area contributed by atoms with Gasteiger partial charge in [-0.15, -0.1) is 12.4 Å². The molecular formula is C12H26ClN3O. The first-order valence-corrected chi connectivity index (χ1v) is 6.23. The molecule has 5 heteroatoms. The summed E-state index contributed by atoms with van der Waals surface area (Å²) in [5.41, 5.74) is 5.71. The van der Waals surface area contributed by atoms with Gasteiger partial charge in [-0.05, 0) is 33.9 Å². The molecule has 0 unspecified atom stereocenters. The molecule has 0 aliphatic heterocycles. The number of carbonyl (C=O) groups excluding carboxylic acids is 1. The van der Waals surface area contributed by atoms with E-state index in [4.69, 9.17) is 5.73 Å². The van der Waals surface area contributed by atoms with Crippen molar-refractivity contribution in [2.45, 2.75) is 44.7 Å². The SMILES string of the molecule is C[C@H](N)C(=O)N(CCN(C)C)C1CCCC1.Cl. The molecule has 1 rings (SSSR count). The highest BCUT2D eigenvalue weighted by Crippen LogP contribution is 2.23. The van der Waals surface area contributed by atoms with E-state index in [0.29, 0.717) is 6.04 Å². The lowest BCUT2D eigenvalue weighted by molar-refractivity contribution is -0.134. The van der Waals surface area contributed by atoms with E-state index in [1.807, 2.05) is 19.0 Å². The number of halogens is 1. The van der Waals surface area contributed by atoms with Gasteiger partial charge in [-0.3, -0.25) is 4.79 Å². The molecule has 1 aliphatic rings. The number of likely N-dealkylation sites (N-methyl/N-ethyl adjacent to an activating group) is 1. The summed E-state index contributed by atoms with van der Waals surface area (Å²) in [6, 6.07) is 0.0567. The van der Waals surface area contributed by atoms with Gasteiger partial charge >= 0.3 is 0 Å². The van der Waals surface area contributed by atoms with Crippen LogP contribution in [-0.4, -0.2) is 55.0 Å². The van der Waals surface area contributed by atoms with Gasteiger partial charge in [0, 0.05) is 19.1 Å². The maximum Gasteiger partial charge on any atom is 0.239 e. The summed E-state index contributed by atoms with van der Waals surface area (Å²) >= 11 is 0. The number of carbonyl (C=O) groups is 1. The zero-order valence-corrected chi connectivity index (χ0v) is 12.0. The van der Waals surface area contributed by atoms with E-state index < -0.39 is 0 Å². The minimum absolute atomic E-state index is 0. The smallest absolute Gasteiger partial charge is 0.239 e. The van der Waals surface area contributed by atoms with Crippen LogP contribution in [0.2, 0.25) is 0 Å². The monoisotopic (exact) mass is 263 g/mol. The second kappa shape index (κ2) is 7.90. The Bertz CT molecular complexity index is 228. The van der Waals surface area contributed by atoms with Crippen molar-refractivity contribution in [2.75, 3.05) is 27.2 Å². The molecule has 0 bridgehead atoms. The summed E-state index contributed by atoms with van der Waals surface area (Å²) in [7, 11) is 4.06. The van der Waals surface area contributed by atoms with Crippen molar-refractivity contribution in [1.82, 2.24) is 9.80 Å². The Hall–Kier alpha value is -0.320. The van der Waals surface area contributed by atoms with Crippen molar-refractivity contribution < 1.29 is 4.79 Å². The second-order valence-electron chi connectivity index (χ2n) is 5.06. The van der Waals surface area contributed by atoms with E-state index in [0.717, 1.165) is 25.9 Å². The van der Waals surface area contributed by atoms with Gasteiger partial charge in [-0.25, -0.2) is 0 Å². The van der Waals surface area contributed by atoms with Crippen LogP contribution in [0, 0.1) is 0 Å². The lowest BCUT2D eigenvalue weighted by Crippen LogP contribution is -2.49.